The smallest absolute Gasteiger partial charge is 0.0781 e. The molecule has 7 aromatic rings. The van der Waals surface area contributed by atoms with Crippen LogP contribution in [-0.4, -0.2) is 25.8 Å². The Balaban J connectivity index is 1.51. The van der Waals surface area contributed by atoms with Crippen molar-refractivity contribution in [2.24, 2.45) is 0 Å². The van der Waals surface area contributed by atoms with Crippen LogP contribution in [0.5, 0.6) is 0 Å². The molecule has 5 heteroatoms. The lowest BCUT2D eigenvalue weighted by molar-refractivity contribution is 1.30. The summed E-state index contributed by atoms with van der Waals surface area (Å²) in [5.41, 5.74) is 16.6. The number of benzene rings is 4. The Bertz CT molecular complexity index is 2600. The van der Waals surface area contributed by atoms with Gasteiger partial charge in [0.15, 0.2) is 0 Å². The minimum Gasteiger partial charge on any atom is -0.354 e. The van der Waals surface area contributed by atoms with Gasteiger partial charge in [-0.15, -0.1) is 11.6 Å². The number of aromatic amines is 2. The molecule has 0 radical (unpaired) electrons. The largest absolute Gasteiger partial charge is 0.354 e. The lowest BCUT2D eigenvalue weighted by Crippen LogP contribution is -1.91. The van der Waals surface area contributed by atoms with Crippen molar-refractivity contribution in [1.29, 1.82) is 0 Å². The summed E-state index contributed by atoms with van der Waals surface area (Å²) in [5.74, 6) is 0.317. The van der Waals surface area contributed by atoms with E-state index < -0.39 is 0 Å². The lowest BCUT2D eigenvalue weighted by atomic mass is 10.0. The number of halogens is 1. The quantitative estimate of drug-likeness (QED) is 0.180. The van der Waals surface area contributed by atoms with Crippen LogP contribution < -0.4 is 0 Å². The summed E-state index contributed by atoms with van der Waals surface area (Å²) in [6.45, 7) is 0. The number of H-pyrrole nitrogens is 2. The standard InChI is InChI=1S/C45H31ClN4/c46-28-33-27-40-43(31-17-9-3-10-18-31)38-24-23-36(48-38)41(29-13-5-1-6-14-29)34-21-22-35(47-34)42(30-15-7-2-8-16-30)37-25-26-39(49-37)44(45(33)50-40)32-19-11-4-12-20-32/h1-27,48-49H,28H2. The molecule has 2 N–H and O–H groups in total. The third kappa shape index (κ3) is 5.27. The van der Waals surface area contributed by atoms with Gasteiger partial charge in [0.2, 0.25) is 0 Å². The van der Waals surface area contributed by atoms with Crippen LogP contribution in [0.25, 0.3) is 90.4 Å². The number of hydrogen-bond acceptors (Lipinski definition) is 2. The number of hydrogen-bond donors (Lipinski definition) is 2. The molecule has 9 rings (SSSR count). The average molecular weight is 663 g/mol. The zero-order chi connectivity index (χ0) is 33.4. The first-order valence-corrected chi connectivity index (χ1v) is 17.3. The van der Waals surface area contributed by atoms with Gasteiger partial charge < -0.3 is 9.97 Å². The molecule has 5 heterocycles. The Labute approximate surface area is 295 Å². The Morgan fingerprint density at radius 1 is 0.400 bits per heavy atom. The van der Waals surface area contributed by atoms with Crippen molar-refractivity contribution in [2.75, 3.05) is 5.88 Å². The van der Waals surface area contributed by atoms with Crippen molar-refractivity contribution in [2.45, 2.75) is 0 Å². The molecule has 0 amide bonds. The van der Waals surface area contributed by atoms with Gasteiger partial charge in [-0.05, 0) is 70.3 Å². The fourth-order valence-corrected chi connectivity index (χ4v) is 7.29. The number of nitrogens with zero attached hydrogens (tertiary/aromatic N) is 2. The van der Waals surface area contributed by atoms with Crippen LogP contribution in [0, 0.1) is 0 Å². The van der Waals surface area contributed by atoms with Crippen LogP contribution in [0.1, 0.15) is 22.8 Å². The van der Waals surface area contributed by atoms with E-state index in [2.05, 4.69) is 150 Å². The number of alkyl halides is 1. The summed E-state index contributed by atoms with van der Waals surface area (Å²) in [5, 5.41) is 0. The second-order valence-corrected chi connectivity index (χ2v) is 12.7. The molecule has 8 bridgehead atoms. The third-order valence-electron chi connectivity index (χ3n) is 9.34. The maximum atomic E-state index is 6.77. The lowest BCUT2D eigenvalue weighted by Gasteiger charge is -2.08. The summed E-state index contributed by atoms with van der Waals surface area (Å²) >= 11 is 6.77. The molecule has 2 aliphatic rings. The Morgan fingerprint density at radius 3 is 1.16 bits per heavy atom. The monoisotopic (exact) mass is 662 g/mol. The van der Waals surface area contributed by atoms with Gasteiger partial charge >= 0.3 is 0 Å². The predicted molar refractivity (Wildman–Crippen MR) is 210 cm³/mol. The van der Waals surface area contributed by atoms with E-state index in [1.54, 1.807) is 0 Å². The molecule has 3 aromatic heterocycles. The van der Waals surface area contributed by atoms with Gasteiger partial charge in [0.25, 0.3) is 0 Å². The second-order valence-electron chi connectivity index (χ2n) is 12.4. The fraction of sp³-hybridized carbons (Fsp3) is 0.0222. The van der Waals surface area contributed by atoms with Gasteiger partial charge in [-0.3, -0.25) is 0 Å². The van der Waals surface area contributed by atoms with E-state index in [0.29, 0.717) is 5.88 Å². The van der Waals surface area contributed by atoms with E-state index >= 15 is 0 Å². The highest BCUT2D eigenvalue weighted by molar-refractivity contribution is 6.25. The first kappa shape index (κ1) is 29.9. The maximum Gasteiger partial charge on any atom is 0.0781 e. The summed E-state index contributed by atoms with van der Waals surface area (Å²) in [4.78, 5) is 18.4. The molecule has 0 aliphatic carbocycles. The van der Waals surface area contributed by atoms with Gasteiger partial charge in [-0.1, -0.05) is 121 Å². The third-order valence-corrected chi connectivity index (χ3v) is 9.62. The van der Waals surface area contributed by atoms with Gasteiger partial charge in [0.05, 0.1) is 22.8 Å². The second kappa shape index (κ2) is 12.7. The summed E-state index contributed by atoms with van der Waals surface area (Å²) in [6, 6.07) is 50.4. The summed E-state index contributed by atoms with van der Waals surface area (Å²) in [7, 11) is 0. The number of nitrogens with one attached hydrogen (secondary N) is 2. The molecule has 0 saturated heterocycles. The molecule has 50 heavy (non-hydrogen) atoms. The SMILES string of the molecule is ClCC1=Cc2nc1c(-c1ccccc1)c1ccc([nH]1)c(-c1ccccc1)c1nc(c(-c3ccccc3)c3ccc([nH]3)c2-c2ccccc2)C=C1. The van der Waals surface area contributed by atoms with Crippen LogP contribution in [-0.2, 0) is 0 Å². The van der Waals surface area contributed by atoms with E-state index in [1.807, 2.05) is 24.3 Å². The van der Waals surface area contributed by atoms with Crippen molar-refractivity contribution < 1.29 is 0 Å². The van der Waals surface area contributed by atoms with Gasteiger partial charge in [-0.25, -0.2) is 9.97 Å². The maximum absolute atomic E-state index is 6.77. The number of fused-ring (bicyclic) bond motifs is 8. The topological polar surface area (TPSA) is 57.4 Å². The molecule has 2 aliphatic heterocycles. The molecule has 0 atom stereocenters. The minimum absolute atomic E-state index is 0.317. The van der Waals surface area contributed by atoms with Crippen LogP contribution >= 0.6 is 11.6 Å². The van der Waals surface area contributed by atoms with Crippen LogP contribution in [0.3, 0.4) is 0 Å². The fourth-order valence-electron chi connectivity index (χ4n) is 7.08. The molecular weight excluding hydrogens is 632 g/mol. The zero-order valence-corrected chi connectivity index (χ0v) is 27.8. The molecule has 0 spiro atoms. The number of allylic oxidation sites excluding steroid dienone is 1. The van der Waals surface area contributed by atoms with E-state index in [0.717, 1.165) is 94.9 Å². The highest BCUT2D eigenvalue weighted by Gasteiger charge is 2.22. The normalized spacial score (nSPS) is 12.2. The minimum atomic E-state index is 0.317. The Hall–Kier alpha value is -6.23. The Kier molecular flexibility index (Phi) is 7.57. The van der Waals surface area contributed by atoms with E-state index in [1.165, 1.54) is 0 Å². The van der Waals surface area contributed by atoms with E-state index in [9.17, 15) is 0 Å². The molecule has 0 saturated carbocycles. The highest BCUT2D eigenvalue weighted by atomic mass is 35.5. The predicted octanol–water partition coefficient (Wildman–Crippen LogP) is 11.9. The first-order valence-electron chi connectivity index (χ1n) is 16.7. The van der Waals surface area contributed by atoms with Gasteiger partial charge in [0.1, 0.15) is 0 Å². The van der Waals surface area contributed by atoms with Crippen molar-refractivity contribution in [3.8, 4) is 44.5 Å². The highest BCUT2D eigenvalue weighted by Crippen LogP contribution is 2.40. The van der Waals surface area contributed by atoms with E-state index in [-0.39, 0.29) is 0 Å². The zero-order valence-electron chi connectivity index (χ0n) is 27.1. The van der Waals surface area contributed by atoms with Crippen LogP contribution in [0.15, 0.2) is 146 Å². The van der Waals surface area contributed by atoms with Crippen molar-refractivity contribution in [3.05, 3.63) is 168 Å². The first-order chi connectivity index (χ1) is 24.7. The molecular formula is C45H31ClN4. The molecule has 238 valence electrons. The summed E-state index contributed by atoms with van der Waals surface area (Å²) in [6.07, 6.45) is 6.40. The van der Waals surface area contributed by atoms with Crippen LogP contribution in [0.4, 0.5) is 0 Å². The summed E-state index contributed by atoms with van der Waals surface area (Å²) < 4.78 is 0. The molecule has 4 aromatic carbocycles. The number of rotatable bonds is 5. The molecule has 4 nitrogen and oxygen atoms in total. The Morgan fingerprint density at radius 2 is 0.760 bits per heavy atom. The average Bonchev–Trinajstić information content (AvgIpc) is 4.00. The van der Waals surface area contributed by atoms with Gasteiger partial charge in [-0.2, -0.15) is 0 Å². The molecule has 0 unspecified atom stereocenters. The molecule has 0 fully saturated rings. The van der Waals surface area contributed by atoms with Crippen molar-refractivity contribution in [3.63, 3.8) is 0 Å². The van der Waals surface area contributed by atoms with Crippen molar-refractivity contribution in [1.82, 2.24) is 19.9 Å². The van der Waals surface area contributed by atoms with Gasteiger partial charge in [0, 0.05) is 50.2 Å². The van der Waals surface area contributed by atoms with Crippen LogP contribution in [0.2, 0.25) is 0 Å². The number of aromatic nitrogens is 4. The van der Waals surface area contributed by atoms with E-state index in [4.69, 9.17) is 21.6 Å². The van der Waals surface area contributed by atoms with Crippen molar-refractivity contribution >= 4 is 57.5 Å².